The van der Waals surface area contributed by atoms with Gasteiger partial charge in [0.25, 0.3) is 5.91 Å². The third-order valence-corrected chi connectivity index (χ3v) is 8.48. The number of amides is 2. The van der Waals surface area contributed by atoms with Crippen LogP contribution in [0.4, 0.5) is 0 Å². The maximum atomic E-state index is 13.2. The van der Waals surface area contributed by atoms with E-state index in [1.165, 1.54) is 45.3 Å². The Hall–Kier alpha value is -2.29. The van der Waals surface area contributed by atoms with Crippen molar-refractivity contribution in [2.75, 3.05) is 17.3 Å². The van der Waals surface area contributed by atoms with E-state index in [9.17, 15) is 24.3 Å². The Kier molecular flexibility index (Phi) is 6.14. The molecule has 176 valence electrons. The van der Waals surface area contributed by atoms with E-state index >= 15 is 0 Å². The van der Waals surface area contributed by atoms with Crippen molar-refractivity contribution in [2.24, 2.45) is 12.5 Å². The molecule has 1 N–H and O–H groups in total. The number of thiol groups is 1. The van der Waals surface area contributed by atoms with Gasteiger partial charge >= 0.3 is 5.97 Å². The van der Waals surface area contributed by atoms with Gasteiger partial charge < -0.3 is 10.0 Å². The SMILES string of the molecule is CC(=O)N(C1C(=O)N2CC(C(=O)O)(C(S)c3nnnn3C)CS[C@H]12)n1cc(Cl)c(=O)c(Cl)c1. The van der Waals surface area contributed by atoms with Crippen LogP contribution in [0.5, 0.6) is 0 Å². The number of halogens is 2. The smallest absolute Gasteiger partial charge is 0.313 e. The highest BCUT2D eigenvalue weighted by Crippen LogP contribution is 2.50. The average Bonchev–Trinajstić information content (AvgIpc) is 3.19. The summed E-state index contributed by atoms with van der Waals surface area (Å²) in [4.78, 5) is 51.2. The molecule has 2 aromatic heterocycles. The van der Waals surface area contributed by atoms with Crippen molar-refractivity contribution in [3.05, 3.63) is 38.5 Å². The maximum absolute atomic E-state index is 13.2. The Bertz CT molecular complexity index is 1200. The topological polar surface area (TPSA) is 144 Å². The Morgan fingerprint density at radius 1 is 1.33 bits per heavy atom. The summed E-state index contributed by atoms with van der Waals surface area (Å²) in [5, 5.41) is 20.5. The first-order valence-electron chi connectivity index (χ1n) is 9.43. The van der Waals surface area contributed by atoms with Gasteiger partial charge in [-0.1, -0.05) is 23.2 Å². The summed E-state index contributed by atoms with van der Waals surface area (Å²) in [6.07, 6.45) is 2.40. The van der Waals surface area contributed by atoms with Gasteiger partial charge in [-0.3, -0.25) is 23.9 Å². The molecule has 0 bridgehead atoms. The Labute approximate surface area is 206 Å². The van der Waals surface area contributed by atoms with Crippen LogP contribution in [-0.4, -0.2) is 76.4 Å². The fraction of sp³-hybridized carbons (Fsp3) is 0.471. The molecule has 12 nitrogen and oxygen atoms in total. The van der Waals surface area contributed by atoms with Gasteiger partial charge in [-0.2, -0.15) is 12.6 Å². The van der Waals surface area contributed by atoms with Crippen LogP contribution in [0.25, 0.3) is 0 Å². The van der Waals surface area contributed by atoms with Gasteiger partial charge in [0.05, 0.1) is 5.25 Å². The molecule has 2 aliphatic heterocycles. The minimum Gasteiger partial charge on any atom is -0.481 e. The van der Waals surface area contributed by atoms with Crippen molar-refractivity contribution >= 4 is 65.4 Å². The number of aromatic nitrogens is 5. The third kappa shape index (κ3) is 3.68. The number of carboxylic acids is 1. The number of pyridine rings is 1. The second-order valence-corrected chi connectivity index (χ2v) is 10.1. The molecule has 4 heterocycles. The molecule has 16 heteroatoms. The highest BCUT2D eigenvalue weighted by atomic mass is 35.5. The second kappa shape index (κ2) is 8.49. The van der Waals surface area contributed by atoms with Crippen LogP contribution < -0.4 is 10.4 Å². The van der Waals surface area contributed by atoms with Crippen molar-refractivity contribution in [1.29, 1.82) is 0 Å². The Morgan fingerprint density at radius 2 is 1.97 bits per heavy atom. The summed E-state index contributed by atoms with van der Waals surface area (Å²) in [5.74, 6) is -1.75. The number of tetrazole rings is 1. The van der Waals surface area contributed by atoms with Gasteiger partial charge in [0.1, 0.15) is 20.8 Å². The highest BCUT2D eigenvalue weighted by Gasteiger charge is 2.62. The maximum Gasteiger partial charge on any atom is 0.313 e. The number of carbonyl (C=O) groups excluding carboxylic acids is 2. The van der Waals surface area contributed by atoms with Gasteiger partial charge in [-0.25, -0.2) is 9.69 Å². The molecule has 2 fully saturated rings. The number of fused-ring (bicyclic) bond motifs is 1. The van der Waals surface area contributed by atoms with Gasteiger partial charge in [-0.15, -0.1) is 16.9 Å². The van der Waals surface area contributed by atoms with Crippen molar-refractivity contribution < 1.29 is 19.5 Å². The minimum absolute atomic E-state index is 0.0890. The lowest BCUT2D eigenvalue weighted by Gasteiger charge is -2.56. The summed E-state index contributed by atoms with van der Waals surface area (Å²) in [6.45, 7) is 1.11. The molecule has 4 atom stereocenters. The van der Waals surface area contributed by atoms with Crippen LogP contribution in [0.1, 0.15) is 18.0 Å². The number of nitrogens with zero attached hydrogens (tertiary/aromatic N) is 7. The molecular weight excluding hydrogens is 517 g/mol. The molecule has 2 saturated heterocycles. The largest absolute Gasteiger partial charge is 0.481 e. The number of β-lactam (4-membered cyclic amide) rings is 1. The summed E-state index contributed by atoms with van der Waals surface area (Å²) >= 11 is 17.6. The van der Waals surface area contributed by atoms with Gasteiger partial charge in [0.15, 0.2) is 11.9 Å². The average molecular weight is 534 g/mol. The van der Waals surface area contributed by atoms with Crippen LogP contribution >= 0.6 is 47.6 Å². The molecule has 3 unspecified atom stereocenters. The van der Waals surface area contributed by atoms with Crippen molar-refractivity contribution in [2.45, 2.75) is 23.6 Å². The first-order valence-corrected chi connectivity index (χ1v) is 11.7. The second-order valence-electron chi connectivity index (χ2n) is 7.66. The zero-order valence-corrected chi connectivity index (χ0v) is 20.3. The van der Waals surface area contributed by atoms with Gasteiger partial charge in [0, 0.05) is 38.7 Å². The van der Waals surface area contributed by atoms with E-state index in [0.717, 1.165) is 5.01 Å². The van der Waals surface area contributed by atoms with E-state index in [-0.39, 0.29) is 28.2 Å². The number of aliphatic carboxylic acids is 1. The molecular formula is C17H17Cl2N7O5S2. The van der Waals surface area contributed by atoms with Crippen LogP contribution in [0.2, 0.25) is 10.0 Å². The molecule has 0 aromatic carbocycles. The molecule has 0 spiro atoms. The van der Waals surface area contributed by atoms with E-state index in [2.05, 4.69) is 28.2 Å². The molecule has 4 rings (SSSR count). The number of rotatable bonds is 5. The lowest BCUT2D eigenvalue weighted by molar-refractivity contribution is -0.158. The predicted molar refractivity (Wildman–Crippen MR) is 122 cm³/mol. The van der Waals surface area contributed by atoms with Gasteiger partial charge in [0.2, 0.25) is 11.3 Å². The lowest BCUT2D eigenvalue weighted by Crippen LogP contribution is -2.76. The number of carboxylic acid groups (broad SMARTS) is 1. The monoisotopic (exact) mass is 533 g/mol. The van der Waals surface area contributed by atoms with Crippen LogP contribution in [0.15, 0.2) is 17.2 Å². The van der Waals surface area contributed by atoms with Crippen molar-refractivity contribution in [3.63, 3.8) is 0 Å². The predicted octanol–water partition coefficient (Wildman–Crippen LogP) is 0.189. The highest BCUT2D eigenvalue weighted by molar-refractivity contribution is 8.00. The fourth-order valence-electron chi connectivity index (χ4n) is 3.92. The molecule has 0 aliphatic carbocycles. The number of hydrogen-bond acceptors (Lipinski definition) is 9. The molecule has 0 saturated carbocycles. The minimum atomic E-state index is -1.46. The fourth-order valence-corrected chi connectivity index (χ4v) is 6.62. The first kappa shape index (κ1) is 23.9. The number of thioether (sulfide) groups is 1. The first-order chi connectivity index (χ1) is 15.5. The summed E-state index contributed by atoms with van der Waals surface area (Å²) in [7, 11) is 1.57. The van der Waals surface area contributed by atoms with Crippen LogP contribution in [0, 0.1) is 5.41 Å². The molecule has 2 aromatic rings. The number of aryl methyl sites for hydroxylation is 1. The standard InChI is InChI=1S/C17H17Cl2N7O5S2/c1-7(27)26(24-3-8(18)11(28)9(19)4-24)10-14(29)25-5-17(16(30)31,6-33-15(10)25)12(32)13-20-21-22-23(13)2/h3-4,10,12,15,32H,5-6H2,1-2H3,(H,30,31)/t10?,12?,15-,17?/m1/s1. The Balaban J connectivity index is 1.65. The van der Waals surface area contributed by atoms with E-state index in [0.29, 0.717) is 0 Å². The normalized spacial score (nSPS) is 25.2. The number of hydrogen-bond donors (Lipinski definition) is 2. The number of carbonyl (C=O) groups is 3. The van der Waals surface area contributed by atoms with E-state index < -0.39 is 45.3 Å². The van der Waals surface area contributed by atoms with Crippen molar-refractivity contribution in [3.8, 4) is 0 Å². The van der Waals surface area contributed by atoms with E-state index in [4.69, 9.17) is 23.2 Å². The molecule has 2 aliphatic rings. The summed E-state index contributed by atoms with van der Waals surface area (Å²) < 4.78 is 2.54. The zero-order valence-electron chi connectivity index (χ0n) is 17.1. The zero-order chi connectivity index (χ0) is 24.2. The molecule has 33 heavy (non-hydrogen) atoms. The van der Waals surface area contributed by atoms with E-state index in [1.54, 1.807) is 7.05 Å². The van der Waals surface area contributed by atoms with E-state index in [1.807, 2.05) is 0 Å². The molecule has 0 radical (unpaired) electrons. The molecule has 2 amide bonds. The summed E-state index contributed by atoms with van der Waals surface area (Å²) in [5.41, 5.74) is -2.06. The summed E-state index contributed by atoms with van der Waals surface area (Å²) in [6, 6.07) is -0.941. The van der Waals surface area contributed by atoms with Crippen molar-refractivity contribution in [1.82, 2.24) is 29.8 Å². The van der Waals surface area contributed by atoms with Crippen LogP contribution in [0.3, 0.4) is 0 Å². The quantitative estimate of drug-likeness (QED) is 0.406. The van der Waals surface area contributed by atoms with Gasteiger partial charge in [-0.05, 0) is 10.4 Å². The Morgan fingerprint density at radius 3 is 2.48 bits per heavy atom. The van der Waals surface area contributed by atoms with Crippen LogP contribution in [-0.2, 0) is 21.4 Å². The lowest BCUT2D eigenvalue weighted by atomic mass is 9.83. The third-order valence-electron chi connectivity index (χ3n) is 5.68.